The Hall–Kier alpha value is -2.86. The third-order valence-electron chi connectivity index (χ3n) is 4.86. The molecule has 1 aliphatic heterocycles. The van der Waals surface area contributed by atoms with Gasteiger partial charge in [0.25, 0.3) is 5.91 Å². The van der Waals surface area contributed by atoms with Crippen molar-refractivity contribution >= 4 is 23.2 Å². The fraction of sp³-hybridized carbons (Fsp3) is 0.364. The van der Waals surface area contributed by atoms with Gasteiger partial charge in [-0.2, -0.15) is 0 Å². The van der Waals surface area contributed by atoms with Crippen LogP contribution in [0.2, 0.25) is 0 Å². The number of nitrogens with one attached hydrogen (secondary N) is 1. The zero-order chi connectivity index (χ0) is 19.9. The minimum Gasteiger partial charge on any atom is -0.378 e. The van der Waals surface area contributed by atoms with Crippen molar-refractivity contribution in [3.05, 3.63) is 59.7 Å². The number of anilines is 2. The lowest BCUT2D eigenvalue weighted by atomic mass is 10.1. The molecule has 3 rings (SSSR count). The second-order valence-corrected chi connectivity index (χ2v) is 6.91. The summed E-state index contributed by atoms with van der Waals surface area (Å²) >= 11 is 0. The van der Waals surface area contributed by atoms with Gasteiger partial charge in [-0.15, -0.1) is 0 Å². The van der Waals surface area contributed by atoms with Gasteiger partial charge in [0.15, 0.2) is 0 Å². The first-order valence-corrected chi connectivity index (χ1v) is 9.64. The summed E-state index contributed by atoms with van der Waals surface area (Å²) < 4.78 is 5.37. The van der Waals surface area contributed by atoms with Gasteiger partial charge in [-0.1, -0.05) is 19.1 Å². The molecule has 2 aromatic carbocycles. The Kier molecular flexibility index (Phi) is 6.66. The molecule has 0 bridgehead atoms. The van der Waals surface area contributed by atoms with Crippen molar-refractivity contribution < 1.29 is 14.3 Å². The third-order valence-corrected chi connectivity index (χ3v) is 4.86. The molecule has 0 spiro atoms. The summed E-state index contributed by atoms with van der Waals surface area (Å²) in [5.41, 5.74) is 3.60. The first-order valence-electron chi connectivity index (χ1n) is 9.64. The molecule has 1 fully saturated rings. The van der Waals surface area contributed by atoms with Gasteiger partial charge >= 0.3 is 0 Å². The summed E-state index contributed by atoms with van der Waals surface area (Å²) in [5, 5.41) is 2.85. The Morgan fingerprint density at radius 2 is 1.68 bits per heavy atom. The number of rotatable bonds is 6. The van der Waals surface area contributed by atoms with Gasteiger partial charge in [0.05, 0.1) is 19.8 Å². The van der Waals surface area contributed by atoms with Crippen LogP contribution in [0.25, 0.3) is 0 Å². The van der Waals surface area contributed by atoms with E-state index >= 15 is 0 Å². The van der Waals surface area contributed by atoms with Crippen molar-refractivity contribution in [3.8, 4) is 0 Å². The Balaban J connectivity index is 1.53. The summed E-state index contributed by atoms with van der Waals surface area (Å²) in [4.78, 5) is 28.5. The number of carbonyl (C=O) groups excluding carboxylic acids is 2. The molecule has 1 heterocycles. The number of nitrogens with zero attached hydrogens (tertiary/aromatic N) is 2. The van der Waals surface area contributed by atoms with Crippen molar-refractivity contribution in [1.82, 2.24) is 4.90 Å². The van der Waals surface area contributed by atoms with Crippen LogP contribution in [0.5, 0.6) is 0 Å². The van der Waals surface area contributed by atoms with E-state index in [1.807, 2.05) is 36.4 Å². The molecule has 0 unspecified atom stereocenters. The summed E-state index contributed by atoms with van der Waals surface area (Å²) in [6.45, 7) is 5.29. The number of amides is 2. The molecule has 0 radical (unpaired) electrons. The van der Waals surface area contributed by atoms with E-state index in [2.05, 4.69) is 17.1 Å². The average Bonchev–Trinajstić information content (AvgIpc) is 2.74. The van der Waals surface area contributed by atoms with E-state index in [0.717, 1.165) is 44.1 Å². The molecule has 6 nitrogen and oxygen atoms in total. The van der Waals surface area contributed by atoms with E-state index in [1.54, 1.807) is 19.2 Å². The van der Waals surface area contributed by atoms with Gasteiger partial charge in [-0.05, 0) is 48.4 Å². The fourth-order valence-corrected chi connectivity index (χ4v) is 3.17. The maximum atomic E-state index is 12.5. The topological polar surface area (TPSA) is 61.9 Å². The SMILES string of the molecule is CCc1ccc(C(=O)N(C)CC(=O)Nc2ccc(N3CCOCC3)cc2)cc1. The monoisotopic (exact) mass is 381 g/mol. The predicted molar refractivity (Wildman–Crippen MR) is 111 cm³/mol. The first kappa shape index (κ1) is 19.9. The summed E-state index contributed by atoms with van der Waals surface area (Å²) in [6.07, 6.45) is 0.928. The van der Waals surface area contributed by atoms with Crippen molar-refractivity contribution in [2.45, 2.75) is 13.3 Å². The molecule has 2 aromatic rings. The number of morpholine rings is 1. The highest BCUT2D eigenvalue weighted by atomic mass is 16.5. The third kappa shape index (κ3) is 5.10. The molecule has 2 amide bonds. The Bertz CT molecular complexity index is 797. The van der Waals surface area contributed by atoms with Gasteiger partial charge in [0.1, 0.15) is 0 Å². The lowest BCUT2D eigenvalue weighted by molar-refractivity contribution is -0.116. The zero-order valence-corrected chi connectivity index (χ0v) is 16.5. The van der Waals surface area contributed by atoms with E-state index in [4.69, 9.17) is 4.74 Å². The molecule has 0 aromatic heterocycles. The largest absolute Gasteiger partial charge is 0.378 e. The van der Waals surface area contributed by atoms with E-state index in [9.17, 15) is 9.59 Å². The Labute approximate surface area is 166 Å². The van der Waals surface area contributed by atoms with E-state index in [1.165, 1.54) is 10.5 Å². The van der Waals surface area contributed by atoms with Gasteiger partial charge < -0.3 is 19.9 Å². The van der Waals surface area contributed by atoms with Crippen LogP contribution in [-0.2, 0) is 16.0 Å². The number of hydrogen-bond donors (Lipinski definition) is 1. The summed E-state index contributed by atoms with van der Waals surface area (Å²) in [5.74, 6) is -0.388. The smallest absolute Gasteiger partial charge is 0.254 e. The van der Waals surface area contributed by atoms with E-state index < -0.39 is 0 Å². The minimum absolute atomic E-state index is 0.000419. The van der Waals surface area contributed by atoms with Gasteiger partial charge in [0.2, 0.25) is 5.91 Å². The Morgan fingerprint density at radius 1 is 1.04 bits per heavy atom. The standard InChI is InChI=1S/C22H27N3O3/c1-3-17-4-6-18(7-5-17)22(27)24(2)16-21(26)23-19-8-10-20(11-9-19)25-12-14-28-15-13-25/h4-11H,3,12-16H2,1-2H3,(H,23,26). The van der Waals surface area contributed by atoms with Crippen molar-refractivity contribution in [2.75, 3.05) is 50.1 Å². The van der Waals surface area contributed by atoms with Crippen LogP contribution < -0.4 is 10.2 Å². The van der Waals surface area contributed by atoms with Crippen LogP contribution in [0, 0.1) is 0 Å². The van der Waals surface area contributed by atoms with Crippen LogP contribution in [0.15, 0.2) is 48.5 Å². The van der Waals surface area contributed by atoms with Crippen LogP contribution in [-0.4, -0.2) is 56.6 Å². The lowest BCUT2D eigenvalue weighted by Crippen LogP contribution is -2.36. The summed E-state index contributed by atoms with van der Waals surface area (Å²) in [7, 11) is 1.64. The average molecular weight is 381 g/mol. The van der Waals surface area contributed by atoms with Crippen LogP contribution >= 0.6 is 0 Å². The Morgan fingerprint density at radius 3 is 2.29 bits per heavy atom. The normalized spacial score (nSPS) is 13.9. The molecule has 1 aliphatic rings. The summed E-state index contributed by atoms with van der Waals surface area (Å²) in [6, 6.07) is 15.2. The second-order valence-electron chi connectivity index (χ2n) is 6.91. The highest BCUT2D eigenvalue weighted by Crippen LogP contribution is 2.19. The quantitative estimate of drug-likeness (QED) is 0.836. The second kappa shape index (κ2) is 9.37. The molecule has 0 aliphatic carbocycles. The molecule has 0 atom stereocenters. The number of aryl methyl sites for hydroxylation is 1. The van der Waals surface area contributed by atoms with Gasteiger partial charge in [0, 0.05) is 37.1 Å². The number of carbonyl (C=O) groups is 2. The van der Waals surface area contributed by atoms with Crippen LogP contribution in [0.3, 0.4) is 0 Å². The van der Waals surface area contributed by atoms with Crippen molar-refractivity contribution in [3.63, 3.8) is 0 Å². The number of hydrogen-bond acceptors (Lipinski definition) is 4. The lowest BCUT2D eigenvalue weighted by Gasteiger charge is -2.28. The minimum atomic E-state index is -0.222. The maximum absolute atomic E-state index is 12.5. The molecule has 0 saturated carbocycles. The molecule has 148 valence electrons. The number of ether oxygens (including phenoxy) is 1. The molecule has 6 heteroatoms. The van der Waals surface area contributed by atoms with Crippen molar-refractivity contribution in [2.24, 2.45) is 0 Å². The maximum Gasteiger partial charge on any atom is 0.254 e. The molecular weight excluding hydrogens is 354 g/mol. The fourth-order valence-electron chi connectivity index (χ4n) is 3.17. The van der Waals surface area contributed by atoms with Crippen molar-refractivity contribution in [1.29, 1.82) is 0 Å². The highest BCUT2D eigenvalue weighted by molar-refractivity contribution is 5.99. The zero-order valence-electron chi connectivity index (χ0n) is 16.5. The molecular formula is C22H27N3O3. The van der Waals surface area contributed by atoms with Gasteiger partial charge in [-0.3, -0.25) is 9.59 Å². The number of likely N-dealkylation sites (N-methyl/N-ethyl adjacent to an activating group) is 1. The molecule has 1 saturated heterocycles. The molecule has 28 heavy (non-hydrogen) atoms. The van der Waals surface area contributed by atoms with Crippen LogP contribution in [0.4, 0.5) is 11.4 Å². The van der Waals surface area contributed by atoms with E-state index in [-0.39, 0.29) is 18.4 Å². The van der Waals surface area contributed by atoms with E-state index in [0.29, 0.717) is 5.56 Å². The van der Waals surface area contributed by atoms with Gasteiger partial charge in [-0.25, -0.2) is 0 Å². The molecule has 1 N–H and O–H groups in total. The number of benzene rings is 2. The highest BCUT2D eigenvalue weighted by Gasteiger charge is 2.15. The predicted octanol–water partition coefficient (Wildman–Crippen LogP) is 2.80. The first-order chi connectivity index (χ1) is 13.6. The van der Waals surface area contributed by atoms with Crippen LogP contribution in [0.1, 0.15) is 22.8 Å².